The van der Waals surface area contributed by atoms with E-state index >= 15 is 0 Å². The van der Waals surface area contributed by atoms with Crippen molar-refractivity contribution in [3.05, 3.63) is 23.8 Å². The van der Waals surface area contributed by atoms with Crippen molar-refractivity contribution >= 4 is 29.3 Å². The van der Waals surface area contributed by atoms with E-state index in [2.05, 4.69) is 5.32 Å². The normalized spacial score (nSPS) is 23.3. The van der Waals surface area contributed by atoms with Crippen molar-refractivity contribution in [2.45, 2.75) is 36.6 Å². The minimum atomic E-state index is 0.0213. The van der Waals surface area contributed by atoms with Gasteiger partial charge in [0.15, 0.2) is 0 Å². The molecule has 2 aliphatic heterocycles. The number of ether oxygens (including phenoxy) is 1. The van der Waals surface area contributed by atoms with Crippen LogP contribution in [0.25, 0.3) is 0 Å². The highest BCUT2D eigenvalue weighted by Gasteiger charge is 2.35. The van der Waals surface area contributed by atoms with E-state index in [4.69, 9.17) is 4.74 Å². The van der Waals surface area contributed by atoms with Gasteiger partial charge in [-0.3, -0.25) is 9.59 Å². The SMILES string of the molecule is O=C1CCSc2ccc(C(=O)N(C[C@H]3CCOC3)C3CC3)cc2N1. The summed E-state index contributed by atoms with van der Waals surface area (Å²) in [6.45, 7) is 2.34. The maximum atomic E-state index is 13.0. The van der Waals surface area contributed by atoms with E-state index in [0.29, 0.717) is 23.9 Å². The molecule has 0 radical (unpaired) electrons. The quantitative estimate of drug-likeness (QED) is 0.911. The molecule has 0 spiro atoms. The van der Waals surface area contributed by atoms with Gasteiger partial charge in [-0.2, -0.15) is 0 Å². The Kier molecular flexibility index (Phi) is 4.50. The molecule has 3 aliphatic rings. The lowest BCUT2D eigenvalue weighted by atomic mass is 10.1. The minimum Gasteiger partial charge on any atom is -0.381 e. The number of anilines is 1. The molecular formula is C18H22N2O3S. The molecule has 24 heavy (non-hydrogen) atoms. The van der Waals surface area contributed by atoms with Gasteiger partial charge in [0.25, 0.3) is 5.91 Å². The van der Waals surface area contributed by atoms with Crippen LogP contribution in [0.5, 0.6) is 0 Å². The third-order valence-electron chi connectivity index (χ3n) is 4.81. The number of nitrogens with one attached hydrogen (secondary N) is 1. The van der Waals surface area contributed by atoms with Crippen molar-refractivity contribution < 1.29 is 14.3 Å². The molecule has 0 bridgehead atoms. The van der Waals surface area contributed by atoms with Gasteiger partial charge >= 0.3 is 0 Å². The highest BCUT2D eigenvalue weighted by atomic mass is 32.2. The Morgan fingerprint density at radius 1 is 1.33 bits per heavy atom. The highest BCUT2D eigenvalue weighted by Crippen LogP contribution is 2.34. The molecule has 1 saturated carbocycles. The first-order chi connectivity index (χ1) is 11.7. The molecule has 0 aromatic heterocycles. The van der Waals surface area contributed by atoms with Crippen LogP contribution in [0.3, 0.4) is 0 Å². The molecule has 1 atom stereocenters. The Balaban J connectivity index is 1.54. The summed E-state index contributed by atoms with van der Waals surface area (Å²) < 4.78 is 5.46. The van der Waals surface area contributed by atoms with Crippen LogP contribution in [0.15, 0.2) is 23.1 Å². The smallest absolute Gasteiger partial charge is 0.254 e. The van der Waals surface area contributed by atoms with Gasteiger partial charge in [-0.1, -0.05) is 0 Å². The molecule has 1 aromatic rings. The Hall–Kier alpha value is -1.53. The minimum absolute atomic E-state index is 0.0213. The Morgan fingerprint density at radius 3 is 2.96 bits per heavy atom. The molecule has 128 valence electrons. The largest absolute Gasteiger partial charge is 0.381 e. The van der Waals surface area contributed by atoms with E-state index in [1.807, 2.05) is 23.1 Å². The molecule has 2 amide bonds. The third-order valence-corrected chi connectivity index (χ3v) is 5.89. The van der Waals surface area contributed by atoms with Crippen LogP contribution in [0.2, 0.25) is 0 Å². The Bertz CT molecular complexity index is 654. The fraction of sp³-hybridized carbons (Fsp3) is 0.556. The Labute approximate surface area is 146 Å². The molecule has 1 aliphatic carbocycles. The number of thioether (sulfide) groups is 1. The van der Waals surface area contributed by atoms with Crippen LogP contribution < -0.4 is 5.32 Å². The van der Waals surface area contributed by atoms with Gasteiger partial charge in [0.1, 0.15) is 0 Å². The first kappa shape index (κ1) is 16.0. The standard InChI is InChI=1S/C18H22N2O3S/c21-17-6-8-24-16-4-1-13(9-15(16)19-17)18(22)20(14-2-3-14)10-12-5-7-23-11-12/h1,4,9,12,14H,2-3,5-8,10-11H2,(H,19,21)/t12-/m1/s1. The number of hydrogen-bond donors (Lipinski definition) is 1. The van der Waals surface area contributed by atoms with Gasteiger partial charge in [0, 0.05) is 47.7 Å². The second kappa shape index (κ2) is 6.76. The zero-order chi connectivity index (χ0) is 16.5. The fourth-order valence-corrected chi connectivity index (χ4v) is 4.25. The lowest BCUT2D eigenvalue weighted by molar-refractivity contribution is -0.115. The molecule has 1 saturated heterocycles. The van der Waals surface area contributed by atoms with Gasteiger partial charge in [0.05, 0.1) is 12.3 Å². The van der Waals surface area contributed by atoms with Crippen LogP contribution in [0.1, 0.15) is 36.0 Å². The highest BCUT2D eigenvalue weighted by molar-refractivity contribution is 7.99. The van der Waals surface area contributed by atoms with Crippen molar-refractivity contribution in [2.24, 2.45) is 5.92 Å². The molecule has 2 heterocycles. The van der Waals surface area contributed by atoms with Crippen LogP contribution in [0.4, 0.5) is 5.69 Å². The molecule has 1 N–H and O–H groups in total. The maximum absolute atomic E-state index is 13.0. The van der Waals surface area contributed by atoms with Crippen LogP contribution in [-0.2, 0) is 9.53 Å². The number of amides is 2. The summed E-state index contributed by atoms with van der Waals surface area (Å²) >= 11 is 1.66. The zero-order valence-corrected chi connectivity index (χ0v) is 14.4. The number of benzene rings is 1. The molecule has 2 fully saturated rings. The number of nitrogens with zero attached hydrogens (tertiary/aromatic N) is 1. The van der Waals surface area contributed by atoms with E-state index in [9.17, 15) is 9.59 Å². The average Bonchev–Trinajstić information content (AvgIpc) is 3.32. The average molecular weight is 346 g/mol. The lowest BCUT2D eigenvalue weighted by Gasteiger charge is -2.25. The summed E-state index contributed by atoms with van der Waals surface area (Å²) in [5, 5.41) is 2.92. The Morgan fingerprint density at radius 2 is 2.21 bits per heavy atom. The van der Waals surface area contributed by atoms with E-state index in [1.54, 1.807) is 11.8 Å². The molecule has 4 rings (SSSR count). The summed E-state index contributed by atoms with van der Waals surface area (Å²) in [5.41, 5.74) is 1.44. The lowest BCUT2D eigenvalue weighted by Crippen LogP contribution is -2.37. The number of carbonyl (C=O) groups is 2. The van der Waals surface area contributed by atoms with Crippen molar-refractivity contribution in [1.29, 1.82) is 0 Å². The molecule has 1 aromatic carbocycles. The van der Waals surface area contributed by atoms with Gasteiger partial charge in [-0.15, -0.1) is 11.8 Å². The second-order valence-corrected chi connectivity index (χ2v) is 7.91. The summed E-state index contributed by atoms with van der Waals surface area (Å²) in [6, 6.07) is 6.07. The van der Waals surface area contributed by atoms with Crippen molar-refractivity contribution in [2.75, 3.05) is 30.8 Å². The van der Waals surface area contributed by atoms with E-state index < -0.39 is 0 Å². The third kappa shape index (κ3) is 3.44. The van der Waals surface area contributed by atoms with Crippen molar-refractivity contribution in [3.8, 4) is 0 Å². The zero-order valence-electron chi connectivity index (χ0n) is 13.6. The number of fused-ring (bicyclic) bond motifs is 1. The summed E-state index contributed by atoms with van der Waals surface area (Å²) in [7, 11) is 0. The maximum Gasteiger partial charge on any atom is 0.254 e. The number of carbonyl (C=O) groups excluding carboxylic acids is 2. The van der Waals surface area contributed by atoms with Gasteiger partial charge in [-0.05, 0) is 37.5 Å². The molecule has 6 heteroatoms. The summed E-state index contributed by atoms with van der Waals surface area (Å²) in [5.74, 6) is 1.33. The number of rotatable bonds is 4. The molecular weight excluding hydrogens is 324 g/mol. The van der Waals surface area contributed by atoms with Crippen LogP contribution in [0, 0.1) is 5.92 Å². The van der Waals surface area contributed by atoms with Gasteiger partial charge in [0.2, 0.25) is 5.91 Å². The van der Waals surface area contributed by atoms with Crippen molar-refractivity contribution in [3.63, 3.8) is 0 Å². The molecule has 5 nitrogen and oxygen atoms in total. The second-order valence-electron chi connectivity index (χ2n) is 6.78. The predicted octanol–water partition coefficient (Wildman–Crippen LogP) is 2.76. The van der Waals surface area contributed by atoms with E-state index in [-0.39, 0.29) is 11.8 Å². The first-order valence-electron chi connectivity index (χ1n) is 8.66. The van der Waals surface area contributed by atoms with Crippen molar-refractivity contribution in [1.82, 2.24) is 4.90 Å². The monoisotopic (exact) mass is 346 g/mol. The van der Waals surface area contributed by atoms with Crippen LogP contribution in [-0.4, -0.2) is 48.3 Å². The van der Waals surface area contributed by atoms with E-state index in [0.717, 1.165) is 55.4 Å². The fourth-order valence-electron chi connectivity index (χ4n) is 3.31. The predicted molar refractivity (Wildman–Crippen MR) is 93.4 cm³/mol. The van der Waals surface area contributed by atoms with E-state index in [1.165, 1.54) is 0 Å². The molecule has 0 unspecified atom stereocenters. The van der Waals surface area contributed by atoms with Gasteiger partial charge < -0.3 is 15.0 Å². The first-order valence-corrected chi connectivity index (χ1v) is 9.64. The summed E-state index contributed by atoms with van der Waals surface area (Å²) in [4.78, 5) is 27.9. The topological polar surface area (TPSA) is 58.6 Å². The summed E-state index contributed by atoms with van der Waals surface area (Å²) in [6.07, 6.45) is 3.74. The number of hydrogen-bond acceptors (Lipinski definition) is 4. The van der Waals surface area contributed by atoms with Gasteiger partial charge in [-0.25, -0.2) is 0 Å². The van der Waals surface area contributed by atoms with Crippen LogP contribution >= 0.6 is 11.8 Å².